The molecule has 0 saturated heterocycles. The number of hydrogen-bond donors (Lipinski definition) is 1. The molecule has 0 aliphatic heterocycles. The van der Waals surface area contributed by atoms with E-state index in [2.05, 4.69) is 17.4 Å². The molecule has 140 valence electrons. The highest BCUT2D eigenvalue weighted by Crippen LogP contribution is 2.32. The number of nitrogens with one attached hydrogen (secondary N) is 1. The summed E-state index contributed by atoms with van der Waals surface area (Å²) in [6.45, 7) is 2.59. The smallest absolute Gasteiger partial charge is 0.223 e. The van der Waals surface area contributed by atoms with Crippen LogP contribution >= 0.6 is 0 Å². The van der Waals surface area contributed by atoms with Crippen LogP contribution in [-0.2, 0) is 11.3 Å². The van der Waals surface area contributed by atoms with Gasteiger partial charge in [0.25, 0.3) is 0 Å². The molecule has 1 fully saturated rings. The maximum absolute atomic E-state index is 13.0. The summed E-state index contributed by atoms with van der Waals surface area (Å²) in [7, 11) is 0. The van der Waals surface area contributed by atoms with Gasteiger partial charge in [0.05, 0.1) is 6.54 Å². The van der Waals surface area contributed by atoms with E-state index in [0.29, 0.717) is 18.0 Å². The summed E-state index contributed by atoms with van der Waals surface area (Å²) in [5.74, 6) is 1.32. The molecular weight excluding hydrogens is 331 g/mol. The summed E-state index contributed by atoms with van der Waals surface area (Å²) in [5, 5.41) is 6.97. The van der Waals surface area contributed by atoms with Gasteiger partial charge in [0.1, 0.15) is 11.5 Å². The number of carbonyl (C=O) groups excluding carboxylic acids is 1. The van der Waals surface area contributed by atoms with Gasteiger partial charge in [-0.15, -0.1) is 0 Å². The lowest BCUT2D eigenvalue weighted by Crippen LogP contribution is -2.32. The predicted molar refractivity (Wildman–Crippen MR) is 98.7 cm³/mol. The molecule has 1 aromatic carbocycles. The highest BCUT2D eigenvalue weighted by atomic mass is 19.1. The molecule has 1 saturated carbocycles. The van der Waals surface area contributed by atoms with Gasteiger partial charge >= 0.3 is 0 Å². The Morgan fingerprint density at radius 1 is 1.23 bits per heavy atom. The molecule has 0 bridgehead atoms. The molecule has 1 heterocycles. The second-order valence-electron chi connectivity index (χ2n) is 7.27. The van der Waals surface area contributed by atoms with Crippen LogP contribution in [0, 0.1) is 17.7 Å². The standard InChI is InChI=1S/C21H27FN2O2/c1-2-3-4-15-5-7-17(8-6-15)21(25)23-14-19-13-20(26-24-19)16-9-11-18(22)12-10-16/h9-13,15,17H,2-8,14H2,1H3,(H,23,25). The molecule has 0 radical (unpaired) electrons. The third kappa shape index (κ3) is 4.93. The molecule has 1 aliphatic rings. The lowest BCUT2D eigenvalue weighted by atomic mass is 9.79. The van der Waals surface area contributed by atoms with Gasteiger partial charge in [-0.05, 0) is 55.9 Å². The number of benzene rings is 1. The maximum Gasteiger partial charge on any atom is 0.223 e. The second-order valence-corrected chi connectivity index (χ2v) is 7.27. The number of amides is 1. The van der Waals surface area contributed by atoms with E-state index in [0.717, 1.165) is 37.2 Å². The van der Waals surface area contributed by atoms with E-state index in [1.807, 2.05) is 0 Å². The topological polar surface area (TPSA) is 55.1 Å². The molecule has 1 aromatic heterocycles. The Morgan fingerprint density at radius 2 is 1.96 bits per heavy atom. The van der Waals surface area contributed by atoms with Crippen molar-refractivity contribution < 1.29 is 13.7 Å². The molecule has 1 amide bonds. The lowest BCUT2D eigenvalue weighted by molar-refractivity contribution is -0.126. The first-order valence-electron chi connectivity index (χ1n) is 9.65. The Labute approximate surface area is 154 Å². The van der Waals surface area contributed by atoms with Gasteiger partial charge in [-0.1, -0.05) is 31.3 Å². The minimum Gasteiger partial charge on any atom is -0.356 e. The number of carbonyl (C=O) groups is 1. The van der Waals surface area contributed by atoms with Crippen LogP contribution in [-0.4, -0.2) is 11.1 Å². The van der Waals surface area contributed by atoms with E-state index in [1.165, 1.54) is 31.4 Å². The van der Waals surface area contributed by atoms with Crippen LogP contribution in [0.2, 0.25) is 0 Å². The van der Waals surface area contributed by atoms with Crippen molar-refractivity contribution in [3.05, 3.63) is 41.8 Å². The second kappa shape index (κ2) is 8.97. The zero-order chi connectivity index (χ0) is 18.4. The highest BCUT2D eigenvalue weighted by molar-refractivity contribution is 5.78. The minimum absolute atomic E-state index is 0.116. The van der Waals surface area contributed by atoms with Gasteiger partial charge in [0, 0.05) is 17.5 Å². The van der Waals surface area contributed by atoms with Crippen LogP contribution in [0.25, 0.3) is 11.3 Å². The molecule has 4 nitrogen and oxygen atoms in total. The van der Waals surface area contributed by atoms with Gasteiger partial charge in [-0.3, -0.25) is 4.79 Å². The van der Waals surface area contributed by atoms with Crippen molar-refractivity contribution in [2.45, 2.75) is 58.4 Å². The van der Waals surface area contributed by atoms with E-state index in [-0.39, 0.29) is 17.6 Å². The first kappa shape index (κ1) is 18.6. The summed E-state index contributed by atoms with van der Waals surface area (Å²) >= 11 is 0. The number of rotatable bonds is 7. The summed E-state index contributed by atoms with van der Waals surface area (Å²) in [6.07, 6.45) is 8.14. The molecule has 2 aromatic rings. The fourth-order valence-electron chi connectivity index (χ4n) is 3.67. The van der Waals surface area contributed by atoms with Gasteiger partial charge in [0.15, 0.2) is 5.76 Å². The fourth-order valence-corrected chi connectivity index (χ4v) is 3.67. The number of hydrogen-bond acceptors (Lipinski definition) is 3. The molecule has 0 atom stereocenters. The average molecular weight is 358 g/mol. The van der Waals surface area contributed by atoms with Crippen LogP contribution in [0.3, 0.4) is 0 Å². The van der Waals surface area contributed by atoms with E-state index in [4.69, 9.17) is 4.52 Å². The molecule has 1 aliphatic carbocycles. The quantitative estimate of drug-likeness (QED) is 0.750. The van der Waals surface area contributed by atoms with Gasteiger partial charge in [0.2, 0.25) is 5.91 Å². The number of halogens is 1. The molecule has 1 N–H and O–H groups in total. The monoisotopic (exact) mass is 358 g/mol. The Hall–Kier alpha value is -2.17. The zero-order valence-electron chi connectivity index (χ0n) is 15.3. The molecule has 26 heavy (non-hydrogen) atoms. The summed E-state index contributed by atoms with van der Waals surface area (Å²) in [6, 6.07) is 7.85. The van der Waals surface area contributed by atoms with Crippen molar-refractivity contribution in [2.75, 3.05) is 0 Å². The average Bonchev–Trinajstić information content (AvgIpc) is 3.14. The molecular formula is C21H27FN2O2. The van der Waals surface area contributed by atoms with E-state index in [1.54, 1.807) is 18.2 Å². The zero-order valence-corrected chi connectivity index (χ0v) is 15.3. The maximum atomic E-state index is 13.0. The molecule has 0 spiro atoms. The largest absolute Gasteiger partial charge is 0.356 e. The number of aromatic nitrogens is 1. The number of unbranched alkanes of at least 4 members (excludes halogenated alkanes) is 1. The molecule has 0 unspecified atom stereocenters. The summed E-state index contributed by atoms with van der Waals surface area (Å²) in [5.41, 5.74) is 1.44. The minimum atomic E-state index is -0.287. The van der Waals surface area contributed by atoms with Crippen LogP contribution in [0.1, 0.15) is 57.6 Å². The third-order valence-corrected chi connectivity index (χ3v) is 5.31. The van der Waals surface area contributed by atoms with Crippen molar-refractivity contribution >= 4 is 5.91 Å². The summed E-state index contributed by atoms with van der Waals surface area (Å²) < 4.78 is 18.3. The van der Waals surface area contributed by atoms with Crippen molar-refractivity contribution in [1.29, 1.82) is 0 Å². The van der Waals surface area contributed by atoms with Crippen LogP contribution in [0.5, 0.6) is 0 Å². The normalized spacial score (nSPS) is 20.1. The highest BCUT2D eigenvalue weighted by Gasteiger charge is 2.25. The fraction of sp³-hybridized carbons (Fsp3) is 0.524. The van der Waals surface area contributed by atoms with Crippen molar-refractivity contribution in [3.63, 3.8) is 0 Å². The third-order valence-electron chi connectivity index (χ3n) is 5.31. The van der Waals surface area contributed by atoms with Crippen molar-refractivity contribution in [3.8, 4) is 11.3 Å². The Kier molecular flexibility index (Phi) is 6.42. The van der Waals surface area contributed by atoms with Crippen molar-refractivity contribution in [1.82, 2.24) is 10.5 Å². The van der Waals surface area contributed by atoms with Gasteiger partial charge in [-0.25, -0.2) is 4.39 Å². The number of nitrogens with zero attached hydrogens (tertiary/aromatic N) is 1. The van der Waals surface area contributed by atoms with Crippen LogP contribution in [0.4, 0.5) is 4.39 Å². The Balaban J connectivity index is 1.46. The van der Waals surface area contributed by atoms with E-state index in [9.17, 15) is 9.18 Å². The van der Waals surface area contributed by atoms with Crippen LogP contribution < -0.4 is 5.32 Å². The Morgan fingerprint density at radius 3 is 2.65 bits per heavy atom. The van der Waals surface area contributed by atoms with Crippen LogP contribution in [0.15, 0.2) is 34.9 Å². The predicted octanol–water partition coefficient (Wildman–Crippen LogP) is 5.09. The van der Waals surface area contributed by atoms with Gasteiger partial charge < -0.3 is 9.84 Å². The van der Waals surface area contributed by atoms with Crippen molar-refractivity contribution in [2.24, 2.45) is 11.8 Å². The summed E-state index contributed by atoms with van der Waals surface area (Å²) in [4.78, 5) is 12.4. The lowest BCUT2D eigenvalue weighted by Gasteiger charge is -2.27. The van der Waals surface area contributed by atoms with E-state index < -0.39 is 0 Å². The Bertz CT molecular complexity index is 703. The SMILES string of the molecule is CCCCC1CCC(C(=O)NCc2cc(-c3ccc(F)cc3)on2)CC1. The molecule has 5 heteroatoms. The van der Waals surface area contributed by atoms with Gasteiger partial charge in [-0.2, -0.15) is 0 Å². The van der Waals surface area contributed by atoms with E-state index >= 15 is 0 Å². The first-order valence-corrected chi connectivity index (χ1v) is 9.65. The first-order chi connectivity index (χ1) is 12.7. The molecule has 3 rings (SSSR count).